The van der Waals surface area contributed by atoms with Gasteiger partial charge < -0.3 is 15.7 Å². The van der Waals surface area contributed by atoms with Crippen molar-refractivity contribution >= 4 is 33.6 Å². The molecule has 0 aliphatic carbocycles. The molecule has 2 amide bonds. The number of benzene rings is 1. The molecule has 0 aliphatic heterocycles. The first kappa shape index (κ1) is 17.5. The molecule has 1 aromatic carbocycles. The van der Waals surface area contributed by atoms with Crippen LogP contribution in [0, 0.1) is 5.92 Å². The highest BCUT2D eigenvalue weighted by Crippen LogP contribution is 2.21. The molecule has 0 aliphatic rings. The van der Waals surface area contributed by atoms with Crippen LogP contribution in [0.25, 0.3) is 0 Å². The van der Waals surface area contributed by atoms with Gasteiger partial charge in [0, 0.05) is 16.7 Å². The van der Waals surface area contributed by atoms with E-state index < -0.39 is 5.97 Å². The summed E-state index contributed by atoms with van der Waals surface area (Å²) >= 11 is 3.40. The summed E-state index contributed by atoms with van der Waals surface area (Å²) in [5.74, 6) is -1.19. The third-order valence-corrected chi connectivity index (χ3v) is 3.71. The molecule has 0 saturated carbocycles. The molecule has 0 bridgehead atoms. The highest BCUT2D eigenvalue weighted by atomic mass is 79.9. The summed E-state index contributed by atoms with van der Waals surface area (Å²) in [6, 6.07) is 5.44. The van der Waals surface area contributed by atoms with E-state index >= 15 is 0 Å². The Morgan fingerprint density at radius 1 is 1.38 bits per heavy atom. The second-order valence-corrected chi connectivity index (χ2v) is 5.83. The van der Waals surface area contributed by atoms with Gasteiger partial charge in [0.1, 0.15) is 0 Å². The molecular weight excluding hydrogens is 336 g/mol. The molecule has 1 unspecified atom stereocenters. The molecular formula is C15H21BrN2O3. The van der Waals surface area contributed by atoms with Crippen molar-refractivity contribution in [3.05, 3.63) is 28.2 Å². The van der Waals surface area contributed by atoms with Gasteiger partial charge in [0.2, 0.25) is 0 Å². The molecule has 116 valence electrons. The number of anilines is 1. The van der Waals surface area contributed by atoms with Crippen LogP contribution in [0.3, 0.4) is 0 Å². The van der Waals surface area contributed by atoms with Crippen molar-refractivity contribution in [3.63, 3.8) is 0 Å². The molecule has 0 fully saturated rings. The van der Waals surface area contributed by atoms with Crippen molar-refractivity contribution in [2.75, 3.05) is 11.9 Å². The minimum absolute atomic E-state index is 0.269. The molecule has 0 saturated heterocycles. The second-order valence-electron chi connectivity index (χ2n) is 4.92. The lowest BCUT2D eigenvalue weighted by atomic mass is 10.1. The number of hydrogen-bond donors (Lipinski definition) is 3. The van der Waals surface area contributed by atoms with E-state index in [1.807, 2.05) is 25.1 Å². The Morgan fingerprint density at radius 3 is 2.71 bits per heavy atom. The first-order valence-electron chi connectivity index (χ1n) is 7.00. The molecule has 1 atom stereocenters. The summed E-state index contributed by atoms with van der Waals surface area (Å²) in [6.07, 6.45) is 2.02. The van der Waals surface area contributed by atoms with E-state index in [-0.39, 0.29) is 11.9 Å². The van der Waals surface area contributed by atoms with Crippen molar-refractivity contribution in [1.29, 1.82) is 0 Å². The van der Waals surface area contributed by atoms with Gasteiger partial charge in [-0.05, 0) is 43.0 Å². The van der Waals surface area contributed by atoms with Crippen LogP contribution in [-0.4, -0.2) is 23.7 Å². The summed E-state index contributed by atoms with van der Waals surface area (Å²) in [4.78, 5) is 22.5. The third-order valence-electron chi connectivity index (χ3n) is 3.22. The Morgan fingerprint density at radius 2 is 2.10 bits per heavy atom. The molecule has 1 aromatic rings. The number of carboxylic acid groups (broad SMARTS) is 1. The van der Waals surface area contributed by atoms with Crippen molar-refractivity contribution in [2.45, 2.75) is 33.1 Å². The number of carboxylic acids is 1. The molecule has 0 radical (unpaired) electrons. The number of aryl methyl sites for hydroxylation is 1. The lowest BCUT2D eigenvalue weighted by Crippen LogP contribution is -2.30. The SMILES string of the molecule is CCc1cc(Br)ccc1NC(=O)NCCCC(C)C(=O)O. The van der Waals surface area contributed by atoms with Gasteiger partial charge in [-0.25, -0.2) is 4.79 Å². The van der Waals surface area contributed by atoms with E-state index in [0.717, 1.165) is 22.1 Å². The molecule has 21 heavy (non-hydrogen) atoms. The van der Waals surface area contributed by atoms with Gasteiger partial charge >= 0.3 is 12.0 Å². The predicted molar refractivity (Wildman–Crippen MR) is 86.6 cm³/mol. The van der Waals surface area contributed by atoms with E-state index in [1.54, 1.807) is 6.92 Å². The van der Waals surface area contributed by atoms with Gasteiger partial charge in [-0.3, -0.25) is 4.79 Å². The average molecular weight is 357 g/mol. The molecule has 1 rings (SSSR count). The minimum atomic E-state index is -0.804. The Kier molecular flexibility index (Phi) is 7.22. The molecule has 0 heterocycles. The molecule has 6 heteroatoms. The third kappa shape index (κ3) is 6.16. The number of amides is 2. The Hall–Kier alpha value is -1.56. The van der Waals surface area contributed by atoms with Crippen LogP contribution in [-0.2, 0) is 11.2 Å². The van der Waals surface area contributed by atoms with Crippen molar-refractivity contribution in [1.82, 2.24) is 5.32 Å². The number of carbonyl (C=O) groups is 2. The monoisotopic (exact) mass is 356 g/mol. The van der Waals surface area contributed by atoms with E-state index in [1.165, 1.54) is 0 Å². The van der Waals surface area contributed by atoms with Crippen molar-refractivity contribution < 1.29 is 14.7 Å². The fraction of sp³-hybridized carbons (Fsp3) is 0.467. The number of carbonyl (C=O) groups excluding carboxylic acids is 1. The molecule has 3 N–H and O–H groups in total. The Balaban J connectivity index is 2.39. The lowest BCUT2D eigenvalue weighted by molar-refractivity contribution is -0.141. The standard InChI is InChI=1S/C15H21BrN2O3/c1-3-11-9-12(16)6-7-13(11)18-15(21)17-8-4-5-10(2)14(19)20/h6-7,9-10H,3-5,8H2,1-2H3,(H,19,20)(H2,17,18,21). The van der Waals surface area contributed by atoms with E-state index in [2.05, 4.69) is 26.6 Å². The van der Waals surface area contributed by atoms with Gasteiger partial charge in [-0.15, -0.1) is 0 Å². The van der Waals surface area contributed by atoms with Crippen LogP contribution < -0.4 is 10.6 Å². The topological polar surface area (TPSA) is 78.4 Å². The largest absolute Gasteiger partial charge is 0.481 e. The van der Waals surface area contributed by atoms with Gasteiger partial charge in [-0.1, -0.05) is 29.8 Å². The van der Waals surface area contributed by atoms with E-state index in [9.17, 15) is 9.59 Å². The fourth-order valence-corrected chi connectivity index (χ4v) is 2.29. The summed E-state index contributed by atoms with van der Waals surface area (Å²) in [5.41, 5.74) is 1.84. The van der Waals surface area contributed by atoms with Crippen LogP contribution in [0.1, 0.15) is 32.3 Å². The van der Waals surface area contributed by atoms with Crippen LogP contribution in [0.2, 0.25) is 0 Å². The van der Waals surface area contributed by atoms with Gasteiger partial charge in [-0.2, -0.15) is 0 Å². The van der Waals surface area contributed by atoms with Gasteiger partial charge in [0.25, 0.3) is 0 Å². The quantitative estimate of drug-likeness (QED) is 0.652. The summed E-state index contributed by atoms with van der Waals surface area (Å²) < 4.78 is 0.980. The number of aliphatic carboxylic acids is 1. The molecule has 0 spiro atoms. The Bertz CT molecular complexity index is 506. The lowest BCUT2D eigenvalue weighted by Gasteiger charge is -2.12. The van der Waals surface area contributed by atoms with Crippen molar-refractivity contribution in [2.24, 2.45) is 5.92 Å². The smallest absolute Gasteiger partial charge is 0.319 e. The number of rotatable bonds is 7. The zero-order valence-corrected chi connectivity index (χ0v) is 13.9. The van der Waals surface area contributed by atoms with Crippen molar-refractivity contribution in [3.8, 4) is 0 Å². The summed E-state index contributed by atoms with van der Waals surface area (Å²) in [7, 11) is 0. The minimum Gasteiger partial charge on any atom is -0.481 e. The van der Waals surface area contributed by atoms with Gasteiger partial charge in [0.15, 0.2) is 0 Å². The van der Waals surface area contributed by atoms with Crippen LogP contribution in [0.4, 0.5) is 10.5 Å². The maximum atomic E-state index is 11.8. The summed E-state index contributed by atoms with van der Waals surface area (Å²) in [5, 5.41) is 14.3. The molecule has 0 aromatic heterocycles. The highest BCUT2D eigenvalue weighted by molar-refractivity contribution is 9.10. The van der Waals surface area contributed by atoms with Crippen LogP contribution in [0.15, 0.2) is 22.7 Å². The maximum absolute atomic E-state index is 11.8. The number of urea groups is 1. The Labute approximate surface area is 133 Å². The number of hydrogen-bond acceptors (Lipinski definition) is 2. The zero-order chi connectivity index (χ0) is 15.8. The zero-order valence-electron chi connectivity index (χ0n) is 12.3. The van der Waals surface area contributed by atoms with E-state index in [4.69, 9.17) is 5.11 Å². The average Bonchev–Trinajstić information content (AvgIpc) is 2.45. The fourth-order valence-electron chi connectivity index (χ4n) is 1.88. The normalized spacial score (nSPS) is 11.8. The maximum Gasteiger partial charge on any atom is 0.319 e. The summed E-state index contributed by atoms with van der Waals surface area (Å²) in [6.45, 7) is 4.15. The highest BCUT2D eigenvalue weighted by Gasteiger charge is 2.10. The van der Waals surface area contributed by atoms with Crippen LogP contribution in [0.5, 0.6) is 0 Å². The predicted octanol–water partition coefficient (Wildman–Crippen LogP) is 3.63. The number of halogens is 1. The van der Waals surface area contributed by atoms with Crippen LogP contribution >= 0.6 is 15.9 Å². The number of nitrogens with one attached hydrogen (secondary N) is 2. The molecule has 5 nitrogen and oxygen atoms in total. The van der Waals surface area contributed by atoms with E-state index in [0.29, 0.717) is 19.4 Å². The first-order valence-corrected chi connectivity index (χ1v) is 7.79. The van der Waals surface area contributed by atoms with Gasteiger partial charge in [0.05, 0.1) is 5.92 Å². The first-order chi connectivity index (χ1) is 9.93. The second kappa shape index (κ2) is 8.67.